The second kappa shape index (κ2) is 36.4. The molecule has 0 fully saturated rings. The van der Waals surface area contributed by atoms with E-state index in [9.17, 15) is 9.59 Å². The van der Waals surface area contributed by atoms with E-state index in [-0.39, 0.29) is 24.6 Å². The molecule has 0 aliphatic carbocycles. The first kappa shape index (κ1) is 42.9. The van der Waals surface area contributed by atoms with Crippen molar-refractivity contribution in [1.29, 1.82) is 0 Å². The first-order valence-electron chi connectivity index (χ1n) is 19.6. The van der Waals surface area contributed by atoms with Gasteiger partial charge in [0, 0.05) is 19.4 Å². The molecule has 5 heteroatoms. The molecule has 44 heavy (non-hydrogen) atoms. The minimum Gasteiger partial charge on any atom is -0.462 e. The molecule has 0 saturated heterocycles. The van der Waals surface area contributed by atoms with Gasteiger partial charge in [0.2, 0.25) is 0 Å². The zero-order chi connectivity index (χ0) is 32.2. The van der Waals surface area contributed by atoms with Crippen LogP contribution in [0.3, 0.4) is 0 Å². The Morgan fingerprint density at radius 3 is 1.09 bits per heavy atom. The maximum atomic E-state index is 12.1. The van der Waals surface area contributed by atoms with E-state index in [4.69, 9.17) is 14.6 Å². The smallest absolute Gasteiger partial charge is 0.306 e. The van der Waals surface area contributed by atoms with Gasteiger partial charge in [-0.2, -0.15) is 0 Å². The van der Waals surface area contributed by atoms with Crippen molar-refractivity contribution in [3.05, 3.63) is 0 Å². The summed E-state index contributed by atoms with van der Waals surface area (Å²) in [6.07, 6.45) is 38.7. The molecule has 0 rings (SSSR count). The third kappa shape index (κ3) is 35.4. The van der Waals surface area contributed by atoms with Crippen LogP contribution >= 0.6 is 0 Å². The summed E-state index contributed by atoms with van der Waals surface area (Å²) >= 11 is 0. The molecule has 0 aromatic heterocycles. The van der Waals surface area contributed by atoms with E-state index >= 15 is 0 Å². The number of rotatable bonds is 36. The normalized spacial score (nSPS) is 12.0. The maximum Gasteiger partial charge on any atom is 0.306 e. The summed E-state index contributed by atoms with van der Waals surface area (Å²) in [5.41, 5.74) is 0. The lowest BCUT2D eigenvalue weighted by molar-refractivity contribution is -0.158. The highest BCUT2D eigenvalue weighted by Crippen LogP contribution is 2.15. The van der Waals surface area contributed by atoms with E-state index in [0.717, 1.165) is 32.1 Å². The lowest BCUT2D eigenvalue weighted by Crippen LogP contribution is -2.22. The van der Waals surface area contributed by atoms with Crippen molar-refractivity contribution < 1.29 is 24.2 Å². The number of hydrogen-bond donors (Lipinski definition) is 1. The molecule has 1 atom stereocenters. The van der Waals surface area contributed by atoms with Crippen LogP contribution in [0.5, 0.6) is 0 Å². The van der Waals surface area contributed by atoms with Crippen LogP contribution in [0.4, 0.5) is 0 Å². The van der Waals surface area contributed by atoms with Gasteiger partial charge in [0.15, 0.2) is 0 Å². The Bertz CT molecular complexity index is 593. The fourth-order valence-electron chi connectivity index (χ4n) is 5.92. The van der Waals surface area contributed by atoms with Gasteiger partial charge in [-0.25, -0.2) is 0 Å². The molecule has 0 bridgehead atoms. The lowest BCUT2D eigenvalue weighted by atomic mass is 10.0. The monoisotopic (exact) mass is 625 g/mol. The van der Waals surface area contributed by atoms with Gasteiger partial charge >= 0.3 is 11.9 Å². The van der Waals surface area contributed by atoms with Crippen LogP contribution in [0, 0.1) is 0 Å². The van der Waals surface area contributed by atoms with Gasteiger partial charge in [0.05, 0.1) is 0 Å². The van der Waals surface area contributed by atoms with E-state index in [1.54, 1.807) is 6.92 Å². The summed E-state index contributed by atoms with van der Waals surface area (Å²) in [5, 5.41) is 8.79. The summed E-state index contributed by atoms with van der Waals surface area (Å²) < 4.78 is 10.8. The SMILES string of the molecule is CCCCCCCCCCCCCCCCCC(=O)OC(C)COC(=O)CCCCCCCCCCCCCCCCCO. The maximum absolute atomic E-state index is 12.1. The highest BCUT2D eigenvalue weighted by atomic mass is 16.6. The van der Waals surface area contributed by atoms with Crippen molar-refractivity contribution in [2.75, 3.05) is 13.2 Å². The highest BCUT2D eigenvalue weighted by molar-refractivity contribution is 5.70. The molecule has 0 aliphatic heterocycles. The Balaban J connectivity index is 3.38. The zero-order valence-electron chi connectivity index (χ0n) is 29.7. The highest BCUT2D eigenvalue weighted by Gasteiger charge is 2.12. The van der Waals surface area contributed by atoms with Crippen LogP contribution in [0.1, 0.15) is 219 Å². The number of hydrogen-bond acceptors (Lipinski definition) is 5. The largest absolute Gasteiger partial charge is 0.462 e. The van der Waals surface area contributed by atoms with Crippen LogP contribution < -0.4 is 0 Å². The molecule has 0 heterocycles. The lowest BCUT2D eigenvalue weighted by Gasteiger charge is -2.13. The predicted molar refractivity (Wildman–Crippen MR) is 187 cm³/mol. The van der Waals surface area contributed by atoms with Gasteiger partial charge in [-0.1, -0.05) is 180 Å². The Hall–Kier alpha value is -1.10. The molecule has 0 aromatic rings. The van der Waals surface area contributed by atoms with Crippen molar-refractivity contribution in [3.8, 4) is 0 Å². The van der Waals surface area contributed by atoms with E-state index in [1.807, 2.05) is 0 Å². The molecule has 0 aliphatic rings. The van der Waals surface area contributed by atoms with E-state index in [2.05, 4.69) is 6.92 Å². The molecule has 1 unspecified atom stereocenters. The second-order valence-corrected chi connectivity index (χ2v) is 13.5. The number of esters is 2. The van der Waals surface area contributed by atoms with Gasteiger partial charge in [-0.05, 0) is 26.2 Å². The van der Waals surface area contributed by atoms with Gasteiger partial charge < -0.3 is 14.6 Å². The van der Waals surface area contributed by atoms with E-state index < -0.39 is 0 Å². The minimum atomic E-state index is -0.375. The number of unbranched alkanes of at least 4 members (excludes halogenated alkanes) is 28. The van der Waals surface area contributed by atoms with Crippen LogP contribution in [0.25, 0.3) is 0 Å². The van der Waals surface area contributed by atoms with Gasteiger partial charge in [-0.3, -0.25) is 9.59 Å². The quantitative estimate of drug-likeness (QED) is 0.0554. The molecule has 0 spiro atoms. The third-order valence-corrected chi connectivity index (χ3v) is 8.84. The van der Waals surface area contributed by atoms with Crippen molar-refractivity contribution >= 4 is 11.9 Å². The molecular weight excluding hydrogens is 548 g/mol. The molecule has 0 amide bonds. The van der Waals surface area contributed by atoms with Crippen LogP contribution in [-0.2, 0) is 19.1 Å². The predicted octanol–water partition coefficient (Wildman–Crippen LogP) is 12.0. The van der Waals surface area contributed by atoms with Gasteiger partial charge in [-0.15, -0.1) is 0 Å². The van der Waals surface area contributed by atoms with Crippen molar-refractivity contribution in [3.63, 3.8) is 0 Å². The summed E-state index contributed by atoms with van der Waals surface area (Å²) in [6, 6.07) is 0. The van der Waals surface area contributed by atoms with Crippen LogP contribution in [0.15, 0.2) is 0 Å². The van der Waals surface area contributed by atoms with Gasteiger partial charge in [0.25, 0.3) is 0 Å². The fraction of sp³-hybridized carbons (Fsp3) is 0.949. The topological polar surface area (TPSA) is 72.8 Å². The summed E-state index contributed by atoms with van der Waals surface area (Å²) in [5.74, 6) is -0.350. The number of aliphatic hydroxyl groups excluding tert-OH is 1. The molecule has 1 N–H and O–H groups in total. The van der Waals surface area contributed by atoms with Crippen molar-refractivity contribution in [2.24, 2.45) is 0 Å². The Kier molecular flexibility index (Phi) is 35.5. The Morgan fingerprint density at radius 1 is 0.455 bits per heavy atom. The Labute approximate surface area is 274 Å². The number of ether oxygens (including phenoxy) is 2. The van der Waals surface area contributed by atoms with E-state index in [0.29, 0.717) is 19.4 Å². The van der Waals surface area contributed by atoms with Crippen LogP contribution in [-0.4, -0.2) is 36.4 Å². The summed E-state index contributed by atoms with van der Waals surface area (Å²) in [7, 11) is 0. The molecule has 5 nitrogen and oxygen atoms in total. The zero-order valence-corrected chi connectivity index (χ0v) is 29.7. The van der Waals surface area contributed by atoms with Crippen LogP contribution in [0.2, 0.25) is 0 Å². The number of carbonyl (C=O) groups is 2. The average molecular weight is 625 g/mol. The first-order valence-corrected chi connectivity index (χ1v) is 19.6. The minimum absolute atomic E-state index is 0.160. The molecule has 0 radical (unpaired) electrons. The summed E-state index contributed by atoms with van der Waals surface area (Å²) in [6.45, 7) is 4.58. The first-order chi connectivity index (χ1) is 21.6. The number of carbonyl (C=O) groups excluding carboxylic acids is 2. The number of aliphatic hydroxyl groups is 1. The molecule has 262 valence electrons. The average Bonchev–Trinajstić information content (AvgIpc) is 3.01. The third-order valence-electron chi connectivity index (χ3n) is 8.84. The Morgan fingerprint density at radius 2 is 0.750 bits per heavy atom. The van der Waals surface area contributed by atoms with Crippen molar-refractivity contribution in [1.82, 2.24) is 0 Å². The molecule has 0 aromatic carbocycles. The standard InChI is InChI=1S/C39H76O5/c1-3-4-5-6-7-8-9-10-12-16-19-22-25-28-31-34-39(42)44-37(2)36-43-38(41)33-30-27-24-21-18-15-13-11-14-17-20-23-26-29-32-35-40/h37,40H,3-36H2,1-2H3. The fourth-order valence-corrected chi connectivity index (χ4v) is 5.92. The molecule has 0 saturated carbocycles. The van der Waals surface area contributed by atoms with E-state index in [1.165, 1.54) is 161 Å². The van der Waals surface area contributed by atoms with Gasteiger partial charge in [0.1, 0.15) is 12.7 Å². The second-order valence-electron chi connectivity index (χ2n) is 13.5. The molecular formula is C39H76O5. The van der Waals surface area contributed by atoms with Crippen molar-refractivity contribution in [2.45, 2.75) is 225 Å². The summed E-state index contributed by atoms with van der Waals surface area (Å²) in [4.78, 5) is 24.1.